The standard InChI is InChI=1S/C25H23ClN2O.C2H3F3/c1-16-8-12-19(13-9-16)22-23(20-14-10-17(2)11-15-20)28(25(26)29)24(27-22)21-7-5-4-6-18(21)3;1-2(3,4)5/h4-15,22-23H,1-3H3;1H3. The molecule has 0 fully saturated rings. The smallest absolute Gasteiger partial charge is 0.273 e. The number of halogens is 4. The lowest BCUT2D eigenvalue weighted by atomic mass is 9.93. The maximum Gasteiger partial charge on any atom is 0.386 e. The number of amides is 1. The molecule has 7 heteroatoms. The van der Waals surface area contributed by atoms with E-state index < -0.39 is 11.5 Å². The molecule has 0 saturated heterocycles. The van der Waals surface area contributed by atoms with Crippen LogP contribution in [0.15, 0.2) is 77.8 Å². The minimum absolute atomic E-state index is 0.188. The average Bonchev–Trinajstić information content (AvgIpc) is 3.14. The minimum Gasteiger partial charge on any atom is -0.273 e. The summed E-state index contributed by atoms with van der Waals surface area (Å²) < 4.78 is 31.1. The van der Waals surface area contributed by atoms with Crippen LogP contribution < -0.4 is 0 Å². The fourth-order valence-electron chi connectivity index (χ4n) is 3.87. The predicted octanol–water partition coefficient (Wildman–Crippen LogP) is 8.08. The van der Waals surface area contributed by atoms with Gasteiger partial charge in [0, 0.05) is 12.5 Å². The van der Waals surface area contributed by atoms with E-state index in [1.54, 1.807) is 4.90 Å². The van der Waals surface area contributed by atoms with Crippen LogP contribution in [0, 0.1) is 20.8 Å². The molecule has 0 radical (unpaired) electrons. The van der Waals surface area contributed by atoms with E-state index in [0.717, 1.165) is 22.3 Å². The molecule has 0 saturated carbocycles. The zero-order chi connectivity index (χ0) is 25.0. The number of carbonyl (C=O) groups is 1. The molecule has 2 unspecified atom stereocenters. The molecular weight excluding hydrogens is 461 g/mol. The molecule has 0 N–H and O–H groups in total. The minimum atomic E-state index is -4.00. The molecule has 34 heavy (non-hydrogen) atoms. The summed E-state index contributed by atoms with van der Waals surface area (Å²) in [4.78, 5) is 19.3. The number of nitrogens with zero attached hydrogens (tertiary/aromatic N) is 2. The molecule has 1 aliphatic rings. The van der Waals surface area contributed by atoms with Gasteiger partial charge in [-0.25, -0.2) is 0 Å². The Bertz CT molecular complexity index is 1170. The van der Waals surface area contributed by atoms with E-state index in [1.165, 1.54) is 11.1 Å². The van der Waals surface area contributed by atoms with Gasteiger partial charge in [-0.2, -0.15) is 13.2 Å². The zero-order valence-corrected chi connectivity index (χ0v) is 20.2. The zero-order valence-electron chi connectivity index (χ0n) is 19.4. The van der Waals surface area contributed by atoms with E-state index in [-0.39, 0.29) is 19.0 Å². The van der Waals surface area contributed by atoms with Crippen molar-refractivity contribution in [3.63, 3.8) is 0 Å². The van der Waals surface area contributed by atoms with Gasteiger partial charge in [0.05, 0.1) is 6.04 Å². The highest BCUT2D eigenvalue weighted by Gasteiger charge is 2.42. The lowest BCUT2D eigenvalue weighted by molar-refractivity contribution is -0.110. The van der Waals surface area contributed by atoms with E-state index in [2.05, 4.69) is 62.4 Å². The number of aryl methyl sites for hydroxylation is 3. The fourth-order valence-corrected chi connectivity index (χ4v) is 4.05. The second-order valence-electron chi connectivity index (χ2n) is 8.38. The van der Waals surface area contributed by atoms with Gasteiger partial charge in [-0.15, -0.1) is 0 Å². The van der Waals surface area contributed by atoms with Crippen molar-refractivity contribution in [1.82, 2.24) is 4.90 Å². The van der Waals surface area contributed by atoms with Gasteiger partial charge >= 0.3 is 11.5 Å². The molecule has 3 aromatic rings. The molecule has 3 nitrogen and oxygen atoms in total. The summed E-state index contributed by atoms with van der Waals surface area (Å²) in [6.45, 7) is 6.32. The third kappa shape index (κ3) is 6.26. The molecule has 4 rings (SSSR count). The summed E-state index contributed by atoms with van der Waals surface area (Å²) in [5.41, 5.74) is 6.42. The predicted molar refractivity (Wildman–Crippen MR) is 130 cm³/mol. The molecule has 0 bridgehead atoms. The van der Waals surface area contributed by atoms with E-state index in [1.807, 2.05) is 31.2 Å². The van der Waals surface area contributed by atoms with Gasteiger partial charge in [0.25, 0.3) is 0 Å². The first-order chi connectivity index (χ1) is 16.0. The highest BCUT2D eigenvalue weighted by molar-refractivity contribution is 6.64. The van der Waals surface area contributed by atoms with E-state index in [4.69, 9.17) is 16.6 Å². The summed E-state index contributed by atoms with van der Waals surface area (Å²) in [7, 11) is 0. The summed E-state index contributed by atoms with van der Waals surface area (Å²) in [5, 5.41) is -0.521. The lowest BCUT2D eigenvalue weighted by Gasteiger charge is -2.28. The Morgan fingerprint density at radius 2 is 1.32 bits per heavy atom. The maximum absolute atomic E-state index is 12.6. The van der Waals surface area contributed by atoms with E-state index in [0.29, 0.717) is 5.84 Å². The van der Waals surface area contributed by atoms with Crippen LogP contribution >= 0.6 is 11.6 Å². The number of benzene rings is 3. The van der Waals surface area contributed by atoms with Gasteiger partial charge in [-0.05, 0) is 49.1 Å². The lowest BCUT2D eigenvalue weighted by Crippen LogP contribution is -2.34. The average molecular weight is 487 g/mol. The molecular formula is C27H26ClF3N2O. The van der Waals surface area contributed by atoms with Crippen molar-refractivity contribution in [2.24, 2.45) is 4.99 Å². The van der Waals surface area contributed by atoms with Crippen LogP contribution in [0.3, 0.4) is 0 Å². The second kappa shape index (κ2) is 10.4. The number of aliphatic imine (C=N–C) groups is 1. The van der Waals surface area contributed by atoms with Crippen LogP contribution in [0.25, 0.3) is 0 Å². The molecule has 1 heterocycles. The van der Waals surface area contributed by atoms with E-state index >= 15 is 0 Å². The largest absolute Gasteiger partial charge is 0.386 e. The van der Waals surface area contributed by atoms with Gasteiger partial charge in [0.2, 0.25) is 0 Å². The quantitative estimate of drug-likeness (QED) is 0.272. The Morgan fingerprint density at radius 3 is 1.79 bits per heavy atom. The van der Waals surface area contributed by atoms with Gasteiger partial charge in [-0.1, -0.05) is 83.9 Å². The van der Waals surface area contributed by atoms with Crippen molar-refractivity contribution in [3.8, 4) is 0 Å². The van der Waals surface area contributed by atoms with Crippen molar-refractivity contribution < 1.29 is 18.0 Å². The van der Waals surface area contributed by atoms with Gasteiger partial charge in [0.1, 0.15) is 11.9 Å². The monoisotopic (exact) mass is 486 g/mol. The number of carbonyl (C=O) groups excluding carboxylic acids is 1. The number of hydrogen-bond acceptors (Lipinski definition) is 2. The molecule has 178 valence electrons. The Balaban J connectivity index is 0.000000588. The number of hydrogen-bond donors (Lipinski definition) is 0. The van der Waals surface area contributed by atoms with Crippen LogP contribution in [-0.2, 0) is 0 Å². The molecule has 2 atom stereocenters. The first-order valence-corrected chi connectivity index (χ1v) is 11.2. The maximum atomic E-state index is 12.6. The van der Waals surface area contributed by atoms with Crippen LogP contribution in [0.2, 0.25) is 0 Å². The number of amidine groups is 1. The van der Waals surface area contributed by atoms with Gasteiger partial charge < -0.3 is 0 Å². The molecule has 0 aromatic heterocycles. The summed E-state index contributed by atoms with van der Waals surface area (Å²) >= 11 is 6.14. The Morgan fingerprint density at radius 1 is 0.853 bits per heavy atom. The van der Waals surface area contributed by atoms with Crippen molar-refractivity contribution in [2.75, 3.05) is 0 Å². The highest BCUT2D eigenvalue weighted by Crippen LogP contribution is 2.44. The topological polar surface area (TPSA) is 32.7 Å². The summed E-state index contributed by atoms with van der Waals surface area (Å²) in [6.07, 6.45) is -4.00. The summed E-state index contributed by atoms with van der Waals surface area (Å²) in [5.74, 6) is 0.624. The normalized spacial score (nSPS) is 17.6. The molecule has 0 spiro atoms. The van der Waals surface area contributed by atoms with Crippen LogP contribution in [-0.4, -0.2) is 22.3 Å². The third-order valence-electron chi connectivity index (χ3n) is 5.48. The van der Waals surface area contributed by atoms with Gasteiger partial charge in [-0.3, -0.25) is 14.7 Å². The molecule has 3 aromatic carbocycles. The van der Waals surface area contributed by atoms with Crippen molar-refractivity contribution >= 4 is 22.8 Å². The Kier molecular flexibility index (Phi) is 7.82. The first kappa shape index (κ1) is 25.5. The highest BCUT2D eigenvalue weighted by atomic mass is 35.5. The van der Waals surface area contributed by atoms with Gasteiger partial charge in [0.15, 0.2) is 0 Å². The third-order valence-corrected chi connectivity index (χ3v) is 5.66. The molecule has 1 aliphatic heterocycles. The molecule has 1 amide bonds. The van der Waals surface area contributed by atoms with Crippen molar-refractivity contribution in [2.45, 2.75) is 46.0 Å². The van der Waals surface area contributed by atoms with Crippen molar-refractivity contribution in [3.05, 3.63) is 106 Å². The summed E-state index contributed by atoms with van der Waals surface area (Å²) in [6, 6.07) is 24.0. The number of alkyl halides is 3. The van der Waals surface area contributed by atoms with E-state index in [9.17, 15) is 18.0 Å². The SMILES string of the molecule is CC(F)(F)F.Cc1ccc(C2N=C(c3ccccc3C)N(C(=O)Cl)C2c2ccc(C)cc2)cc1. The second-order valence-corrected chi connectivity index (χ2v) is 8.71. The fraction of sp³-hybridized carbons (Fsp3) is 0.259. The van der Waals surface area contributed by atoms with Crippen molar-refractivity contribution in [1.29, 1.82) is 0 Å². The Labute approximate surface area is 202 Å². The first-order valence-electron chi connectivity index (χ1n) is 10.8. The molecule has 0 aliphatic carbocycles. The van der Waals surface area contributed by atoms with Crippen LogP contribution in [0.1, 0.15) is 52.4 Å². The van der Waals surface area contributed by atoms with Crippen LogP contribution in [0.4, 0.5) is 18.0 Å². The number of rotatable bonds is 3. The van der Waals surface area contributed by atoms with Crippen LogP contribution in [0.5, 0.6) is 0 Å². The Hall–Kier alpha value is -3.12.